The monoisotopic (exact) mass is 286 g/mol. The van der Waals surface area contributed by atoms with Crippen LogP contribution >= 0.6 is 0 Å². The zero-order valence-corrected chi connectivity index (χ0v) is 12.0. The Morgan fingerprint density at radius 3 is 2.90 bits per heavy atom. The summed E-state index contributed by atoms with van der Waals surface area (Å²) in [5.74, 6) is 4.73. The minimum Gasteiger partial charge on any atom is -0.478 e. The SMILES string of the molecule is CC#CCCNC(=O)N1CCc2ccc(C(=O)O)cc2C1. The second-order valence-electron chi connectivity index (χ2n) is 4.87. The molecule has 2 rings (SSSR count). The number of benzene rings is 1. The molecule has 1 aliphatic rings. The van der Waals surface area contributed by atoms with Crippen LogP contribution in [0.3, 0.4) is 0 Å². The lowest BCUT2D eigenvalue weighted by molar-refractivity contribution is 0.0696. The van der Waals surface area contributed by atoms with Crippen LogP contribution in [-0.4, -0.2) is 35.1 Å². The molecule has 0 aliphatic carbocycles. The number of hydrogen-bond donors (Lipinski definition) is 2. The second kappa shape index (κ2) is 6.80. The number of nitrogens with zero attached hydrogens (tertiary/aromatic N) is 1. The van der Waals surface area contributed by atoms with Crippen LogP contribution in [-0.2, 0) is 13.0 Å². The van der Waals surface area contributed by atoms with Crippen LogP contribution in [0.15, 0.2) is 18.2 Å². The van der Waals surface area contributed by atoms with Crippen molar-refractivity contribution in [2.24, 2.45) is 0 Å². The first kappa shape index (κ1) is 14.9. The quantitative estimate of drug-likeness (QED) is 0.658. The van der Waals surface area contributed by atoms with Gasteiger partial charge in [-0.1, -0.05) is 6.07 Å². The molecule has 0 saturated heterocycles. The third-order valence-electron chi connectivity index (χ3n) is 3.46. The van der Waals surface area contributed by atoms with Crippen LogP contribution in [0.25, 0.3) is 0 Å². The van der Waals surface area contributed by atoms with Crippen molar-refractivity contribution >= 4 is 12.0 Å². The molecule has 1 aromatic rings. The molecule has 0 aromatic heterocycles. The highest BCUT2D eigenvalue weighted by Crippen LogP contribution is 2.20. The van der Waals surface area contributed by atoms with Gasteiger partial charge < -0.3 is 15.3 Å². The van der Waals surface area contributed by atoms with Crippen molar-refractivity contribution < 1.29 is 14.7 Å². The molecule has 0 atom stereocenters. The Kier molecular flexibility index (Phi) is 4.83. The van der Waals surface area contributed by atoms with Gasteiger partial charge in [-0.15, -0.1) is 11.8 Å². The molecule has 0 unspecified atom stereocenters. The highest BCUT2D eigenvalue weighted by atomic mass is 16.4. The molecule has 1 aliphatic heterocycles. The Labute approximate surface area is 124 Å². The molecule has 1 aromatic carbocycles. The summed E-state index contributed by atoms with van der Waals surface area (Å²) >= 11 is 0. The van der Waals surface area contributed by atoms with Crippen molar-refractivity contribution in [2.45, 2.75) is 26.3 Å². The average molecular weight is 286 g/mol. The maximum atomic E-state index is 12.0. The van der Waals surface area contributed by atoms with Crippen LogP contribution < -0.4 is 5.32 Å². The van der Waals surface area contributed by atoms with Crippen molar-refractivity contribution in [2.75, 3.05) is 13.1 Å². The summed E-state index contributed by atoms with van der Waals surface area (Å²) < 4.78 is 0. The van der Waals surface area contributed by atoms with E-state index in [1.807, 2.05) is 6.07 Å². The van der Waals surface area contributed by atoms with Crippen LogP contribution in [0.5, 0.6) is 0 Å². The van der Waals surface area contributed by atoms with Crippen molar-refractivity contribution in [3.05, 3.63) is 34.9 Å². The van der Waals surface area contributed by atoms with E-state index in [0.717, 1.165) is 17.5 Å². The fourth-order valence-electron chi connectivity index (χ4n) is 2.33. The van der Waals surface area contributed by atoms with E-state index in [0.29, 0.717) is 26.1 Å². The molecular formula is C16H18N2O3. The summed E-state index contributed by atoms with van der Waals surface area (Å²) in [5.41, 5.74) is 2.28. The predicted octanol–water partition coefficient (Wildman–Crippen LogP) is 1.87. The lowest BCUT2D eigenvalue weighted by atomic mass is 9.97. The lowest BCUT2D eigenvalue weighted by Gasteiger charge is -2.29. The maximum absolute atomic E-state index is 12.0. The molecule has 1 heterocycles. The van der Waals surface area contributed by atoms with Crippen molar-refractivity contribution in [1.29, 1.82) is 0 Å². The number of carbonyl (C=O) groups is 2. The molecule has 110 valence electrons. The Bertz CT molecular complexity index is 614. The molecule has 2 N–H and O–H groups in total. The van der Waals surface area contributed by atoms with Gasteiger partial charge in [0.2, 0.25) is 0 Å². The van der Waals surface area contributed by atoms with Gasteiger partial charge in [-0.2, -0.15) is 0 Å². The highest BCUT2D eigenvalue weighted by Gasteiger charge is 2.21. The molecule has 21 heavy (non-hydrogen) atoms. The van der Waals surface area contributed by atoms with Crippen molar-refractivity contribution in [3.8, 4) is 11.8 Å². The number of fused-ring (bicyclic) bond motifs is 1. The van der Waals surface area contributed by atoms with Gasteiger partial charge in [0, 0.05) is 26.1 Å². The molecule has 0 spiro atoms. The van der Waals surface area contributed by atoms with Crippen LogP contribution in [0.4, 0.5) is 4.79 Å². The fraction of sp³-hybridized carbons (Fsp3) is 0.375. The van der Waals surface area contributed by atoms with Crippen molar-refractivity contribution in [1.82, 2.24) is 10.2 Å². The summed E-state index contributed by atoms with van der Waals surface area (Å²) in [7, 11) is 0. The van der Waals surface area contributed by atoms with E-state index in [9.17, 15) is 9.59 Å². The largest absolute Gasteiger partial charge is 0.478 e. The van der Waals surface area contributed by atoms with E-state index in [1.54, 1.807) is 24.0 Å². The van der Waals surface area contributed by atoms with E-state index in [2.05, 4.69) is 17.2 Å². The maximum Gasteiger partial charge on any atom is 0.335 e. The molecule has 0 bridgehead atoms. The van der Waals surface area contributed by atoms with E-state index in [4.69, 9.17) is 5.11 Å². The second-order valence-corrected chi connectivity index (χ2v) is 4.87. The van der Waals surface area contributed by atoms with Gasteiger partial charge in [0.25, 0.3) is 0 Å². The summed E-state index contributed by atoms with van der Waals surface area (Å²) in [4.78, 5) is 24.7. The number of carboxylic acid groups (broad SMARTS) is 1. The van der Waals surface area contributed by atoms with E-state index in [-0.39, 0.29) is 11.6 Å². The van der Waals surface area contributed by atoms with Crippen LogP contribution in [0, 0.1) is 11.8 Å². The van der Waals surface area contributed by atoms with E-state index < -0.39 is 5.97 Å². The smallest absolute Gasteiger partial charge is 0.335 e. The zero-order valence-electron chi connectivity index (χ0n) is 12.0. The zero-order chi connectivity index (χ0) is 15.2. The standard InChI is InChI=1S/C16H18N2O3/c1-2-3-4-8-17-16(21)18-9-7-12-5-6-13(15(19)20)10-14(12)11-18/h5-6,10H,4,7-9,11H2,1H3,(H,17,21)(H,19,20). The highest BCUT2D eigenvalue weighted by molar-refractivity contribution is 5.88. The van der Waals surface area contributed by atoms with Gasteiger partial charge in [-0.25, -0.2) is 9.59 Å². The number of hydrogen-bond acceptors (Lipinski definition) is 2. The molecule has 5 nitrogen and oxygen atoms in total. The number of rotatable bonds is 3. The summed E-state index contributed by atoms with van der Waals surface area (Å²) in [6.07, 6.45) is 1.38. The average Bonchev–Trinajstić information content (AvgIpc) is 2.50. The minimum atomic E-state index is -0.947. The number of amides is 2. The van der Waals surface area contributed by atoms with E-state index in [1.165, 1.54) is 0 Å². The number of nitrogens with one attached hydrogen (secondary N) is 1. The summed E-state index contributed by atoms with van der Waals surface area (Å²) in [6.45, 7) is 3.38. The first-order valence-corrected chi connectivity index (χ1v) is 6.89. The minimum absolute atomic E-state index is 0.126. The Hall–Kier alpha value is -2.48. The Balaban J connectivity index is 2.00. The Morgan fingerprint density at radius 1 is 1.38 bits per heavy atom. The third kappa shape index (κ3) is 3.76. The van der Waals surface area contributed by atoms with Gasteiger partial charge in [0.15, 0.2) is 0 Å². The number of aromatic carboxylic acids is 1. The predicted molar refractivity (Wildman–Crippen MR) is 79.0 cm³/mol. The number of urea groups is 1. The van der Waals surface area contributed by atoms with Gasteiger partial charge in [-0.05, 0) is 36.6 Å². The molecule has 0 saturated carbocycles. The van der Waals surface area contributed by atoms with Crippen molar-refractivity contribution in [3.63, 3.8) is 0 Å². The summed E-state index contributed by atoms with van der Waals surface area (Å²) in [6, 6.07) is 4.98. The summed E-state index contributed by atoms with van der Waals surface area (Å²) in [5, 5.41) is 11.8. The number of carboxylic acids is 1. The first-order chi connectivity index (χ1) is 10.1. The number of carbonyl (C=O) groups excluding carboxylic acids is 1. The van der Waals surface area contributed by atoms with Gasteiger partial charge >= 0.3 is 12.0 Å². The molecule has 5 heteroatoms. The molecule has 0 radical (unpaired) electrons. The first-order valence-electron chi connectivity index (χ1n) is 6.89. The fourth-order valence-corrected chi connectivity index (χ4v) is 2.33. The van der Waals surface area contributed by atoms with Crippen LogP contribution in [0.2, 0.25) is 0 Å². The van der Waals surface area contributed by atoms with Crippen LogP contribution in [0.1, 0.15) is 34.8 Å². The molecule has 2 amide bonds. The van der Waals surface area contributed by atoms with E-state index >= 15 is 0 Å². The molecule has 0 fully saturated rings. The topological polar surface area (TPSA) is 69.6 Å². The van der Waals surface area contributed by atoms with Gasteiger partial charge in [-0.3, -0.25) is 0 Å². The normalized spacial score (nSPS) is 12.9. The van der Waals surface area contributed by atoms with Gasteiger partial charge in [0.1, 0.15) is 0 Å². The lowest BCUT2D eigenvalue weighted by Crippen LogP contribution is -2.43. The third-order valence-corrected chi connectivity index (χ3v) is 3.46. The Morgan fingerprint density at radius 2 is 2.19 bits per heavy atom. The molecular weight excluding hydrogens is 268 g/mol. The van der Waals surface area contributed by atoms with Gasteiger partial charge in [0.05, 0.1) is 5.56 Å².